The lowest BCUT2D eigenvalue weighted by atomic mass is 9.68. The minimum atomic E-state index is -0.135. The van der Waals surface area contributed by atoms with E-state index in [1.54, 1.807) is 17.5 Å². The minimum absolute atomic E-state index is 0.135. The van der Waals surface area contributed by atoms with Crippen molar-refractivity contribution in [2.24, 2.45) is 5.92 Å². The zero-order valence-electron chi connectivity index (χ0n) is 16.7. The van der Waals surface area contributed by atoms with Crippen LogP contribution in [0, 0.1) is 5.92 Å². The third-order valence-corrected chi connectivity index (χ3v) is 6.30. The highest BCUT2D eigenvalue weighted by Crippen LogP contribution is 2.40. The van der Waals surface area contributed by atoms with Crippen LogP contribution in [-0.4, -0.2) is 25.6 Å². The molecule has 4 rings (SSSR count). The number of hydrogen-bond donors (Lipinski definition) is 1. The maximum Gasteiger partial charge on any atom is 0.204 e. The normalized spacial score (nSPS) is 13.4. The van der Waals surface area contributed by atoms with Crippen molar-refractivity contribution in [3.8, 4) is 17.1 Å². The van der Waals surface area contributed by atoms with Gasteiger partial charge in [-0.15, -0.1) is 21.5 Å². The molecule has 2 aromatic heterocycles. The number of thiazole rings is 1. The van der Waals surface area contributed by atoms with E-state index in [9.17, 15) is 0 Å². The molecule has 2 aromatic carbocycles. The summed E-state index contributed by atoms with van der Waals surface area (Å²) in [6.45, 7) is 7.28. The van der Waals surface area contributed by atoms with Crippen LogP contribution in [0.15, 0.2) is 60.1 Å². The summed E-state index contributed by atoms with van der Waals surface area (Å²) in [5.41, 5.74) is 3.31. The van der Waals surface area contributed by atoms with Crippen molar-refractivity contribution in [1.82, 2.24) is 25.6 Å². The predicted molar refractivity (Wildman–Crippen MR) is 114 cm³/mol. The summed E-state index contributed by atoms with van der Waals surface area (Å²) in [6, 6.07) is 16.8. The zero-order chi connectivity index (χ0) is 20.3. The van der Waals surface area contributed by atoms with Gasteiger partial charge in [-0.2, -0.15) is 5.21 Å². The van der Waals surface area contributed by atoms with Gasteiger partial charge in [0.05, 0.1) is 0 Å². The van der Waals surface area contributed by atoms with Crippen LogP contribution in [0.5, 0.6) is 5.75 Å². The number of nitrogens with zero attached hydrogens (tertiary/aromatic N) is 4. The van der Waals surface area contributed by atoms with Gasteiger partial charge in [-0.05, 0) is 34.4 Å². The van der Waals surface area contributed by atoms with Gasteiger partial charge >= 0.3 is 0 Å². The summed E-state index contributed by atoms with van der Waals surface area (Å²) in [6.07, 6.45) is 1.80. The molecule has 4 aromatic rings. The Balaban J connectivity index is 1.57. The fraction of sp³-hybridized carbons (Fsp3) is 0.273. The predicted octanol–water partition coefficient (Wildman–Crippen LogP) is 4.86. The van der Waals surface area contributed by atoms with Gasteiger partial charge in [0.25, 0.3) is 0 Å². The molecule has 0 aliphatic rings. The summed E-state index contributed by atoms with van der Waals surface area (Å²) in [5.74, 6) is 1.85. The first-order valence-electron chi connectivity index (χ1n) is 9.53. The lowest BCUT2D eigenvalue weighted by molar-refractivity contribution is 0.305. The van der Waals surface area contributed by atoms with Crippen LogP contribution in [0.2, 0.25) is 0 Å². The second kappa shape index (κ2) is 8.13. The monoisotopic (exact) mass is 405 g/mol. The van der Waals surface area contributed by atoms with E-state index in [-0.39, 0.29) is 5.41 Å². The van der Waals surface area contributed by atoms with Gasteiger partial charge in [0, 0.05) is 22.6 Å². The molecule has 0 aliphatic heterocycles. The van der Waals surface area contributed by atoms with E-state index < -0.39 is 0 Å². The van der Waals surface area contributed by atoms with E-state index in [1.807, 2.05) is 29.6 Å². The number of benzene rings is 2. The van der Waals surface area contributed by atoms with Crippen molar-refractivity contribution >= 4 is 11.3 Å². The molecule has 0 aliphatic carbocycles. The molecule has 1 atom stereocenters. The molecule has 6 nitrogen and oxygen atoms in total. The van der Waals surface area contributed by atoms with E-state index in [0.717, 1.165) is 16.3 Å². The van der Waals surface area contributed by atoms with Crippen LogP contribution in [0.25, 0.3) is 11.4 Å². The summed E-state index contributed by atoms with van der Waals surface area (Å²) in [7, 11) is 0. The van der Waals surface area contributed by atoms with Crippen LogP contribution in [0.1, 0.15) is 36.9 Å². The van der Waals surface area contributed by atoms with Crippen LogP contribution in [0.3, 0.4) is 0 Å². The van der Waals surface area contributed by atoms with Crippen molar-refractivity contribution in [2.45, 2.75) is 32.8 Å². The zero-order valence-corrected chi connectivity index (χ0v) is 17.5. The Labute approximate surface area is 174 Å². The summed E-state index contributed by atoms with van der Waals surface area (Å²) in [5, 5.41) is 17.2. The van der Waals surface area contributed by atoms with Crippen molar-refractivity contribution in [2.75, 3.05) is 0 Å². The van der Waals surface area contributed by atoms with Gasteiger partial charge in [-0.3, -0.25) is 0 Å². The third-order valence-electron chi connectivity index (χ3n) is 5.54. The first-order chi connectivity index (χ1) is 14.1. The number of tetrazole rings is 1. The van der Waals surface area contributed by atoms with E-state index in [4.69, 9.17) is 4.74 Å². The molecule has 0 saturated heterocycles. The topological polar surface area (TPSA) is 76.6 Å². The Hall–Kier alpha value is -3.06. The molecule has 0 radical (unpaired) electrons. The number of rotatable bonds is 7. The number of ether oxygens (including phenoxy) is 1. The first kappa shape index (κ1) is 19.3. The van der Waals surface area contributed by atoms with Crippen LogP contribution in [-0.2, 0) is 12.0 Å². The highest BCUT2D eigenvalue weighted by molar-refractivity contribution is 7.09. The first-order valence-corrected chi connectivity index (χ1v) is 10.4. The highest BCUT2D eigenvalue weighted by atomic mass is 32.1. The molecule has 7 heteroatoms. The number of aromatic amines is 1. The van der Waals surface area contributed by atoms with E-state index >= 15 is 0 Å². The summed E-state index contributed by atoms with van der Waals surface area (Å²) < 4.78 is 5.87. The average molecular weight is 406 g/mol. The van der Waals surface area contributed by atoms with Crippen molar-refractivity contribution in [1.29, 1.82) is 0 Å². The number of H-pyrrole nitrogens is 1. The Morgan fingerprint density at radius 1 is 1.03 bits per heavy atom. The number of aromatic nitrogens is 5. The maximum absolute atomic E-state index is 5.87. The van der Waals surface area contributed by atoms with Gasteiger partial charge < -0.3 is 4.74 Å². The molecule has 29 heavy (non-hydrogen) atoms. The van der Waals surface area contributed by atoms with Gasteiger partial charge in [-0.25, -0.2) is 4.98 Å². The molecular formula is C22H23N5OS. The van der Waals surface area contributed by atoms with Crippen LogP contribution < -0.4 is 4.74 Å². The minimum Gasteiger partial charge on any atom is -0.486 e. The largest absolute Gasteiger partial charge is 0.486 e. The molecule has 0 saturated carbocycles. The van der Waals surface area contributed by atoms with Gasteiger partial charge in [0.1, 0.15) is 17.4 Å². The quantitative estimate of drug-likeness (QED) is 0.475. The lowest BCUT2D eigenvalue weighted by Crippen LogP contribution is -2.30. The smallest absolute Gasteiger partial charge is 0.204 e. The Morgan fingerprint density at radius 2 is 1.72 bits per heavy atom. The van der Waals surface area contributed by atoms with Gasteiger partial charge in [0.2, 0.25) is 5.82 Å². The molecule has 0 amide bonds. The number of hydrogen-bond acceptors (Lipinski definition) is 6. The Kier molecular flexibility index (Phi) is 5.40. The van der Waals surface area contributed by atoms with Crippen molar-refractivity contribution < 1.29 is 4.74 Å². The molecule has 0 bridgehead atoms. The Morgan fingerprint density at radius 3 is 2.28 bits per heavy atom. The van der Waals surface area contributed by atoms with Gasteiger partial charge in [-0.1, -0.05) is 57.2 Å². The molecule has 1 unspecified atom stereocenters. The summed E-state index contributed by atoms with van der Waals surface area (Å²) in [4.78, 5) is 4.26. The lowest BCUT2D eigenvalue weighted by Gasteiger charge is -2.35. The third kappa shape index (κ3) is 3.91. The van der Waals surface area contributed by atoms with E-state index in [0.29, 0.717) is 18.3 Å². The highest BCUT2D eigenvalue weighted by Gasteiger charge is 2.32. The SMILES string of the molecule is CC(C)C(C)(c1ccc(OCc2nccs2)cc1)c1ccc(-c2nn[nH]n2)cc1. The van der Waals surface area contributed by atoms with E-state index in [2.05, 4.69) is 70.6 Å². The fourth-order valence-electron chi connectivity index (χ4n) is 3.45. The molecule has 0 fully saturated rings. The van der Waals surface area contributed by atoms with Crippen molar-refractivity contribution in [3.63, 3.8) is 0 Å². The Bertz CT molecular complexity index is 1030. The van der Waals surface area contributed by atoms with E-state index in [1.165, 1.54) is 11.1 Å². The van der Waals surface area contributed by atoms with Crippen LogP contribution >= 0.6 is 11.3 Å². The molecule has 2 heterocycles. The van der Waals surface area contributed by atoms with Crippen molar-refractivity contribution in [3.05, 3.63) is 76.2 Å². The standard InChI is InChI=1S/C22H23N5OS/c1-15(2)22(3,17-6-4-16(5-7-17)21-24-26-27-25-21)18-8-10-19(11-9-18)28-14-20-23-12-13-29-20/h4-13,15H,14H2,1-3H3,(H,24,25,26,27). The number of nitrogens with one attached hydrogen (secondary N) is 1. The fourth-order valence-corrected chi connectivity index (χ4v) is 3.98. The second-order valence-corrected chi connectivity index (χ2v) is 8.39. The summed E-state index contributed by atoms with van der Waals surface area (Å²) >= 11 is 1.60. The molecular weight excluding hydrogens is 382 g/mol. The molecule has 1 N–H and O–H groups in total. The average Bonchev–Trinajstić information content (AvgIpc) is 3.46. The van der Waals surface area contributed by atoms with Gasteiger partial charge in [0.15, 0.2) is 0 Å². The maximum atomic E-state index is 5.87. The van der Waals surface area contributed by atoms with Crippen LogP contribution in [0.4, 0.5) is 0 Å². The molecule has 148 valence electrons. The molecule has 0 spiro atoms. The second-order valence-electron chi connectivity index (χ2n) is 7.41.